The highest BCUT2D eigenvalue weighted by Gasteiger charge is 2.32. The summed E-state index contributed by atoms with van der Waals surface area (Å²) < 4.78 is 0. The Morgan fingerprint density at radius 3 is 2.62 bits per heavy atom. The molecule has 4 heteroatoms. The molecule has 0 saturated heterocycles. The van der Waals surface area contributed by atoms with Gasteiger partial charge in [0, 0.05) is 19.3 Å². The summed E-state index contributed by atoms with van der Waals surface area (Å²) in [7, 11) is 2.18. The zero-order valence-corrected chi connectivity index (χ0v) is 15.3. The molecule has 0 unspecified atom stereocenters. The molecule has 0 aromatic carbocycles. The molecule has 1 N–H and O–H groups in total. The van der Waals surface area contributed by atoms with E-state index in [0.29, 0.717) is 6.04 Å². The normalized spacial score (nSPS) is 20.2. The summed E-state index contributed by atoms with van der Waals surface area (Å²) in [5.41, 5.74) is 0.936. The molecule has 3 rings (SSSR count). The van der Waals surface area contributed by atoms with Gasteiger partial charge in [-0.2, -0.15) is 0 Å². The zero-order chi connectivity index (χ0) is 16.8. The number of hydrogen-bond donors (Lipinski definition) is 1. The summed E-state index contributed by atoms with van der Waals surface area (Å²) in [5.74, 6) is 2.00. The molecule has 24 heavy (non-hydrogen) atoms. The van der Waals surface area contributed by atoms with E-state index in [0.717, 1.165) is 22.8 Å². The predicted molar refractivity (Wildman–Crippen MR) is 101 cm³/mol. The molecule has 0 aliphatic heterocycles. The number of H-pyrrole nitrogens is 1. The fourth-order valence-electron chi connectivity index (χ4n) is 3.96. The van der Waals surface area contributed by atoms with Gasteiger partial charge in [0.25, 0.3) is 0 Å². The van der Waals surface area contributed by atoms with Crippen LogP contribution in [0.3, 0.4) is 0 Å². The first-order valence-corrected chi connectivity index (χ1v) is 9.80. The van der Waals surface area contributed by atoms with Crippen LogP contribution >= 0.6 is 0 Å². The Hall–Kier alpha value is -1.58. The van der Waals surface area contributed by atoms with Crippen molar-refractivity contribution in [2.75, 3.05) is 11.9 Å². The zero-order valence-electron chi connectivity index (χ0n) is 15.3. The van der Waals surface area contributed by atoms with Gasteiger partial charge in [-0.25, -0.2) is 9.97 Å². The Bertz CT molecular complexity index is 615. The van der Waals surface area contributed by atoms with Crippen LogP contribution < -0.4 is 4.90 Å². The highest BCUT2D eigenvalue weighted by atomic mass is 15.2. The number of fused-ring (bicyclic) bond motifs is 1. The molecule has 2 aromatic heterocycles. The van der Waals surface area contributed by atoms with Gasteiger partial charge in [0.2, 0.25) is 0 Å². The summed E-state index contributed by atoms with van der Waals surface area (Å²) in [6.45, 7) is 2.28. The van der Waals surface area contributed by atoms with Crippen LogP contribution in [-0.2, 0) is 0 Å². The van der Waals surface area contributed by atoms with E-state index in [1.165, 1.54) is 64.2 Å². The topological polar surface area (TPSA) is 44.8 Å². The highest BCUT2D eigenvalue weighted by molar-refractivity contribution is 5.87. The van der Waals surface area contributed by atoms with Crippen molar-refractivity contribution in [1.82, 2.24) is 15.0 Å². The van der Waals surface area contributed by atoms with Crippen LogP contribution in [0.2, 0.25) is 0 Å². The Kier molecular flexibility index (Phi) is 6.11. The van der Waals surface area contributed by atoms with Crippen molar-refractivity contribution in [3.63, 3.8) is 0 Å². The quantitative estimate of drug-likeness (QED) is 0.601. The van der Waals surface area contributed by atoms with Crippen LogP contribution in [0.5, 0.6) is 0 Å². The fourth-order valence-corrected chi connectivity index (χ4v) is 3.96. The lowest BCUT2D eigenvalue weighted by Gasteiger charge is -2.42. The molecular formula is C20H32N4. The van der Waals surface area contributed by atoms with Crippen LogP contribution in [0.1, 0.15) is 71.1 Å². The van der Waals surface area contributed by atoms with E-state index in [9.17, 15) is 0 Å². The first kappa shape index (κ1) is 17.2. The minimum Gasteiger partial charge on any atom is -0.356 e. The van der Waals surface area contributed by atoms with E-state index in [-0.39, 0.29) is 0 Å². The molecular weight excluding hydrogens is 296 g/mol. The fraction of sp³-hybridized carbons (Fsp3) is 0.700. The molecule has 1 fully saturated rings. The number of unbranched alkanes of at least 4 members (excludes halogenated alkanes) is 6. The smallest absolute Gasteiger partial charge is 0.142 e. The Morgan fingerprint density at radius 2 is 1.83 bits per heavy atom. The molecule has 4 nitrogen and oxygen atoms in total. The summed E-state index contributed by atoms with van der Waals surface area (Å²) in [4.78, 5) is 14.3. The molecule has 2 heterocycles. The molecule has 1 aliphatic rings. The molecule has 1 aliphatic carbocycles. The maximum atomic E-state index is 4.51. The summed E-state index contributed by atoms with van der Waals surface area (Å²) in [6.07, 6.45) is 17.6. The minimum absolute atomic E-state index is 0.646. The average Bonchev–Trinajstić information content (AvgIpc) is 3.03. The van der Waals surface area contributed by atoms with E-state index in [4.69, 9.17) is 0 Å². The second-order valence-corrected chi connectivity index (χ2v) is 7.45. The van der Waals surface area contributed by atoms with E-state index in [1.54, 1.807) is 6.33 Å². The summed E-state index contributed by atoms with van der Waals surface area (Å²) in [5, 5.41) is 1.13. The van der Waals surface area contributed by atoms with Gasteiger partial charge in [-0.15, -0.1) is 0 Å². The number of nitrogens with one attached hydrogen (secondary N) is 1. The lowest BCUT2D eigenvalue weighted by atomic mass is 9.76. The summed E-state index contributed by atoms with van der Waals surface area (Å²) in [6, 6.07) is 2.73. The van der Waals surface area contributed by atoms with Crippen molar-refractivity contribution >= 4 is 16.9 Å². The van der Waals surface area contributed by atoms with Crippen LogP contribution in [-0.4, -0.2) is 28.0 Å². The van der Waals surface area contributed by atoms with Gasteiger partial charge in [-0.05, 0) is 24.8 Å². The van der Waals surface area contributed by atoms with Gasteiger partial charge >= 0.3 is 0 Å². The van der Waals surface area contributed by atoms with E-state index in [2.05, 4.69) is 39.9 Å². The molecule has 132 valence electrons. The number of hydrogen-bond acceptors (Lipinski definition) is 3. The molecule has 0 radical (unpaired) electrons. The largest absolute Gasteiger partial charge is 0.356 e. The molecule has 2 aromatic rings. The van der Waals surface area contributed by atoms with Gasteiger partial charge < -0.3 is 9.88 Å². The first-order valence-electron chi connectivity index (χ1n) is 9.80. The summed E-state index contributed by atoms with van der Waals surface area (Å²) >= 11 is 0. The lowest BCUT2D eigenvalue weighted by molar-refractivity contribution is 0.236. The van der Waals surface area contributed by atoms with Crippen LogP contribution in [0.15, 0.2) is 18.6 Å². The predicted octanol–water partition coefficient (Wildman–Crippen LogP) is 5.31. The average molecular weight is 329 g/mol. The molecule has 0 spiro atoms. The van der Waals surface area contributed by atoms with Crippen LogP contribution in [0.4, 0.5) is 5.82 Å². The maximum absolute atomic E-state index is 4.51. The van der Waals surface area contributed by atoms with Crippen molar-refractivity contribution < 1.29 is 0 Å². The number of anilines is 1. The van der Waals surface area contributed by atoms with Gasteiger partial charge in [0.1, 0.15) is 17.8 Å². The number of aromatic nitrogens is 3. The van der Waals surface area contributed by atoms with E-state index >= 15 is 0 Å². The molecule has 0 bridgehead atoms. The lowest BCUT2D eigenvalue weighted by Crippen LogP contribution is -2.43. The first-order chi connectivity index (χ1) is 11.8. The highest BCUT2D eigenvalue weighted by Crippen LogP contribution is 2.37. The van der Waals surface area contributed by atoms with Gasteiger partial charge in [-0.3, -0.25) is 0 Å². The van der Waals surface area contributed by atoms with E-state index in [1.807, 2.05) is 6.20 Å². The van der Waals surface area contributed by atoms with Crippen molar-refractivity contribution in [2.24, 2.45) is 5.92 Å². The van der Waals surface area contributed by atoms with E-state index < -0.39 is 0 Å². The SMILES string of the molecule is CCCCCCCCC[C@H]1C[C@@H](N(C)c2ncnc3[nH]ccc23)C1. The minimum atomic E-state index is 0.646. The standard InChI is InChI=1S/C20H32N4/c1-3-4-5-6-7-8-9-10-16-13-17(14-16)24(2)20-18-11-12-21-19(18)22-15-23-20/h11-12,15-17H,3-10,13-14H2,1-2H3,(H,21,22,23)/t16-,17+. The molecule has 0 atom stereocenters. The van der Waals surface area contributed by atoms with Crippen molar-refractivity contribution in [2.45, 2.75) is 77.2 Å². The Morgan fingerprint density at radius 1 is 1.08 bits per heavy atom. The van der Waals surface area contributed by atoms with Crippen LogP contribution in [0.25, 0.3) is 11.0 Å². The molecule has 1 saturated carbocycles. The van der Waals surface area contributed by atoms with Crippen LogP contribution in [0, 0.1) is 5.92 Å². The second kappa shape index (κ2) is 8.50. The molecule has 0 amide bonds. The van der Waals surface area contributed by atoms with Gasteiger partial charge in [0.15, 0.2) is 0 Å². The third-order valence-corrected chi connectivity index (χ3v) is 5.64. The van der Waals surface area contributed by atoms with Gasteiger partial charge in [0.05, 0.1) is 5.39 Å². The number of nitrogens with zero attached hydrogens (tertiary/aromatic N) is 3. The Balaban J connectivity index is 1.37. The maximum Gasteiger partial charge on any atom is 0.142 e. The van der Waals surface area contributed by atoms with Crippen molar-refractivity contribution in [1.29, 1.82) is 0 Å². The van der Waals surface area contributed by atoms with Crippen molar-refractivity contribution in [3.8, 4) is 0 Å². The van der Waals surface area contributed by atoms with Crippen molar-refractivity contribution in [3.05, 3.63) is 18.6 Å². The third-order valence-electron chi connectivity index (χ3n) is 5.64. The Labute approximate surface area is 146 Å². The number of aromatic amines is 1. The second-order valence-electron chi connectivity index (χ2n) is 7.45. The number of rotatable bonds is 10. The third kappa shape index (κ3) is 4.08. The monoisotopic (exact) mass is 328 g/mol. The van der Waals surface area contributed by atoms with Gasteiger partial charge in [-0.1, -0.05) is 58.3 Å².